The van der Waals surface area contributed by atoms with Gasteiger partial charge in [-0.3, -0.25) is 14.3 Å². The molecule has 0 saturated heterocycles. The van der Waals surface area contributed by atoms with E-state index in [0.29, 0.717) is 22.8 Å². The van der Waals surface area contributed by atoms with Crippen LogP contribution in [0.25, 0.3) is 0 Å². The van der Waals surface area contributed by atoms with Crippen molar-refractivity contribution in [1.82, 2.24) is 9.78 Å². The number of rotatable bonds is 3. The Kier molecular flexibility index (Phi) is 4.49. The van der Waals surface area contributed by atoms with Crippen LogP contribution in [0.15, 0.2) is 18.2 Å². The number of hydrogen-bond donors (Lipinski definition) is 1. The lowest BCUT2D eigenvalue weighted by Gasteiger charge is -2.38. The van der Waals surface area contributed by atoms with E-state index in [2.05, 4.69) is 10.4 Å². The average Bonchev–Trinajstić information content (AvgIpc) is 2.89. The molecule has 0 spiro atoms. The molecule has 144 valence electrons. The summed E-state index contributed by atoms with van der Waals surface area (Å²) < 4.78 is 7.74. The Hall–Kier alpha value is -2.83. The molecule has 2 heterocycles. The van der Waals surface area contributed by atoms with Crippen LogP contribution in [-0.4, -0.2) is 34.2 Å². The van der Waals surface area contributed by atoms with Crippen LogP contribution in [0.4, 0.5) is 11.4 Å². The first kappa shape index (κ1) is 18.9. The van der Waals surface area contributed by atoms with Crippen LogP contribution in [-0.2, 0) is 9.59 Å². The van der Waals surface area contributed by atoms with Gasteiger partial charge in [0.05, 0.1) is 22.8 Å². The number of aromatic nitrogens is 2. The van der Waals surface area contributed by atoms with Gasteiger partial charge in [-0.2, -0.15) is 5.10 Å². The predicted octanol–water partition coefficient (Wildman–Crippen LogP) is 3.14. The summed E-state index contributed by atoms with van der Waals surface area (Å²) in [5.74, 6) is -0.420. The van der Waals surface area contributed by atoms with Crippen molar-refractivity contribution in [1.29, 1.82) is 0 Å². The molecular weight excluding hydrogens is 344 g/mol. The molecule has 1 N–H and O–H groups in total. The van der Waals surface area contributed by atoms with Crippen LogP contribution in [0.5, 0.6) is 5.75 Å². The molecule has 1 aromatic carbocycles. The first-order valence-corrected chi connectivity index (χ1v) is 9.01. The van der Waals surface area contributed by atoms with Crippen LogP contribution in [0, 0.1) is 20.8 Å². The molecule has 0 fully saturated rings. The number of amides is 2. The highest BCUT2D eigenvalue weighted by Crippen LogP contribution is 2.38. The first-order chi connectivity index (χ1) is 12.6. The van der Waals surface area contributed by atoms with Gasteiger partial charge in [0.25, 0.3) is 17.4 Å². The molecule has 3 rings (SSSR count). The molecule has 1 atom stereocenters. The number of nitrogens with zero attached hydrogens (tertiary/aromatic N) is 3. The molecule has 1 aliphatic rings. The van der Waals surface area contributed by atoms with Crippen LogP contribution < -0.4 is 15.0 Å². The summed E-state index contributed by atoms with van der Waals surface area (Å²) in [7, 11) is 1.65. The summed E-state index contributed by atoms with van der Waals surface area (Å²) in [5.41, 5.74) is 2.17. The van der Waals surface area contributed by atoms with Crippen molar-refractivity contribution in [3.8, 4) is 5.75 Å². The Morgan fingerprint density at radius 1 is 1.26 bits per heavy atom. The van der Waals surface area contributed by atoms with Gasteiger partial charge in [-0.05, 0) is 59.2 Å². The number of aryl methyl sites for hydroxylation is 2. The topological polar surface area (TPSA) is 76.5 Å². The zero-order valence-corrected chi connectivity index (χ0v) is 16.9. The van der Waals surface area contributed by atoms with Gasteiger partial charge in [0.1, 0.15) is 5.75 Å². The minimum Gasteiger partial charge on any atom is -0.465 e. The number of hydrogen-bond acceptors (Lipinski definition) is 4. The van der Waals surface area contributed by atoms with Crippen molar-refractivity contribution in [2.45, 2.75) is 53.2 Å². The zero-order valence-electron chi connectivity index (χ0n) is 16.9. The number of carbonyl (C=O) groups is 2. The monoisotopic (exact) mass is 370 g/mol. The summed E-state index contributed by atoms with van der Waals surface area (Å²) >= 11 is 0. The third kappa shape index (κ3) is 2.97. The molecule has 1 aliphatic heterocycles. The number of fused-ring (bicyclic) bond motifs is 1. The second-order valence-electron chi connectivity index (χ2n) is 7.51. The van der Waals surface area contributed by atoms with E-state index in [9.17, 15) is 9.59 Å². The van der Waals surface area contributed by atoms with Crippen molar-refractivity contribution in [2.24, 2.45) is 0 Å². The van der Waals surface area contributed by atoms with E-state index >= 15 is 0 Å². The largest absolute Gasteiger partial charge is 0.465 e. The van der Waals surface area contributed by atoms with Crippen LogP contribution >= 0.6 is 0 Å². The van der Waals surface area contributed by atoms with Crippen molar-refractivity contribution >= 4 is 23.2 Å². The Morgan fingerprint density at radius 2 is 1.93 bits per heavy atom. The van der Waals surface area contributed by atoms with E-state index < -0.39 is 17.4 Å². The molecule has 0 saturated carbocycles. The lowest BCUT2D eigenvalue weighted by Crippen LogP contribution is -2.59. The van der Waals surface area contributed by atoms with Gasteiger partial charge >= 0.3 is 0 Å². The quantitative estimate of drug-likeness (QED) is 0.842. The summed E-state index contributed by atoms with van der Waals surface area (Å²) in [6, 6.07) is 5.71. The second-order valence-corrected chi connectivity index (χ2v) is 7.51. The molecule has 0 radical (unpaired) electrons. The summed E-state index contributed by atoms with van der Waals surface area (Å²) in [6.45, 7) is 11.2. The van der Waals surface area contributed by atoms with E-state index in [1.54, 1.807) is 13.1 Å². The molecule has 27 heavy (non-hydrogen) atoms. The Morgan fingerprint density at radius 3 is 2.52 bits per heavy atom. The van der Waals surface area contributed by atoms with Gasteiger partial charge < -0.3 is 15.0 Å². The van der Waals surface area contributed by atoms with Gasteiger partial charge in [-0.1, -0.05) is 6.07 Å². The fourth-order valence-corrected chi connectivity index (χ4v) is 3.39. The lowest BCUT2D eigenvalue weighted by molar-refractivity contribution is -0.144. The molecule has 7 heteroatoms. The third-order valence-corrected chi connectivity index (χ3v) is 4.99. The van der Waals surface area contributed by atoms with E-state index in [1.165, 1.54) is 11.8 Å². The Bertz CT molecular complexity index is 932. The fraction of sp³-hybridized carbons (Fsp3) is 0.450. The van der Waals surface area contributed by atoms with Gasteiger partial charge in [-0.15, -0.1) is 0 Å². The maximum absolute atomic E-state index is 13.1. The van der Waals surface area contributed by atoms with Crippen LogP contribution in [0.1, 0.15) is 43.8 Å². The smallest absolute Gasteiger partial charge is 0.280 e. The van der Waals surface area contributed by atoms with Gasteiger partial charge in [0.2, 0.25) is 0 Å². The molecule has 0 bridgehead atoms. The van der Waals surface area contributed by atoms with Gasteiger partial charge in [0.15, 0.2) is 0 Å². The minimum absolute atomic E-state index is 0.166. The lowest BCUT2D eigenvalue weighted by atomic mass is 9.99. The molecular formula is C20H26N4O3. The number of ether oxygens (including phenoxy) is 1. The Labute approximate surface area is 159 Å². The van der Waals surface area contributed by atoms with Crippen molar-refractivity contribution in [2.75, 3.05) is 17.3 Å². The number of benzene rings is 1. The fourth-order valence-electron chi connectivity index (χ4n) is 3.39. The first-order valence-electron chi connectivity index (χ1n) is 9.01. The molecule has 1 unspecified atom stereocenters. The normalized spacial score (nSPS) is 19.1. The number of carbonyl (C=O) groups excluding carboxylic acids is 2. The van der Waals surface area contributed by atoms with Crippen LogP contribution in [0.3, 0.4) is 0 Å². The molecule has 0 aliphatic carbocycles. The average molecular weight is 370 g/mol. The standard InChI is InChI=1S/C20H26N4O3/c1-11(2)24-14(5)17(13(4)22-24)21-18(25)20(6)19(26)23(7)15-10-12(3)8-9-16(15)27-20/h8-11H,1-7H3,(H,21,25). The second kappa shape index (κ2) is 6.40. The molecule has 7 nitrogen and oxygen atoms in total. The van der Waals surface area contributed by atoms with E-state index in [4.69, 9.17) is 4.74 Å². The predicted molar refractivity (Wildman–Crippen MR) is 104 cm³/mol. The number of nitrogens with one attached hydrogen (secondary N) is 1. The highest BCUT2D eigenvalue weighted by Gasteiger charge is 2.50. The summed E-state index contributed by atoms with van der Waals surface area (Å²) in [5, 5.41) is 7.34. The minimum atomic E-state index is -1.66. The maximum atomic E-state index is 13.1. The zero-order chi connectivity index (χ0) is 20.1. The highest BCUT2D eigenvalue weighted by atomic mass is 16.5. The van der Waals surface area contributed by atoms with Crippen molar-refractivity contribution in [3.63, 3.8) is 0 Å². The Balaban J connectivity index is 1.95. The van der Waals surface area contributed by atoms with E-state index in [1.807, 2.05) is 51.4 Å². The summed E-state index contributed by atoms with van der Waals surface area (Å²) in [4.78, 5) is 27.5. The van der Waals surface area contributed by atoms with Crippen molar-refractivity contribution in [3.05, 3.63) is 35.2 Å². The SMILES string of the molecule is Cc1ccc2c(c1)N(C)C(=O)C(C)(C(=O)Nc1c(C)nn(C(C)C)c1C)O2. The van der Waals surface area contributed by atoms with Gasteiger partial charge in [0, 0.05) is 13.1 Å². The molecule has 1 aromatic heterocycles. The van der Waals surface area contributed by atoms with E-state index in [-0.39, 0.29) is 6.04 Å². The van der Waals surface area contributed by atoms with E-state index in [0.717, 1.165) is 11.3 Å². The van der Waals surface area contributed by atoms with Gasteiger partial charge in [-0.25, -0.2) is 0 Å². The maximum Gasteiger partial charge on any atom is 0.280 e. The molecule has 2 aromatic rings. The number of likely N-dealkylation sites (N-methyl/N-ethyl adjacent to an activating group) is 1. The van der Waals surface area contributed by atoms with Crippen LogP contribution in [0.2, 0.25) is 0 Å². The third-order valence-electron chi connectivity index (χ3n) is 4.99. The van der Waals surface area contributed by atoms with Crippen molar-refractivity contribution < 1.29 is 14.3 Å². The summed E-state index contributed by atoms with van der Waals surface area (Å²) in [6.07, 6.45) is 0. The number of anilines is 2. The molecule has 2 amide bonds. The highest BCUT2D eigenvalue weighted by molar-refractivity contribution is 6.19.